The van der Waals surface area contributed by atoms with Gasteiger partial charge in [-0.3, -0.25) is 0 Å². The summed E-state index contributed by atoms with van der Waals surface area (Å²) in [5, 5.41) is 20.4. The van der Waals surface area contributed by atoms with Crippen LogP contribution in [0.4, 0.5) is 0 Å². The van der Waals surface area contributed by atoms with Gasteiger partial charge < -0.3 is 0 Å². The molecule has 1 fully saturated rings. The van der Waals surface area contributed by atoms with E-state index in [0.29, 0.717) is 12.0 Å². The van der Waals surface area contributed by atoms with Crippen molar-refractivity contribution in [2.45, 2.75) is 31.2 Å². The first-order valence-corrected chi connectivity index (χ1v) is 10.8. The largest absolute Gasteiger partial charge is 0.243 e. The molecule has 3 rings (SSSR count). The second-order valence-corrected chi connectivity index (χ2v) is 9.54. The van der Waals surface area contributed by atoms with E-state index in [0.717, 1.165) is 5.56 Å². The first-order valence-electron chi connectivity index (χ1n) is 9.35. The second kappa shape index (κ2) is 7.48. The van der Waals surface area contributed by atoms with E-state index in [4.69, 9.17) is 0 Å². The van der Waals surface area contributed by atoms with Crippen molar-refractivity contribution in [3.63, 3.8) is 0 Å². The lowest BCUT2D eigenvalue weighted by molar-refractivity contribution is 0.0547. The van der Waals surface area contributed by atoms with Crippen LogP contribution in [-0.4, -0.2) is 19.3 Å². The molecule has 2 aromatic carbocycles. The van der Waals surface area contributed by atoms with Crippen LogP contribution in [0.25, 0.3) is 0 Å². The standard InChI is InChI=1S/C23H23N3O2S/c1-4-22(3)14-15-26(29(27,28)20-12-10-18(2)11-13-20)21(23(22,16-24)17-25)19-8-6-5-7-9-19/h4-13,21H,1,14-15H2,2-3H3/t21-,22+/m0/s1. The van der Waals surface area contributed by atoms with Gasteiger partial charge in [-0.25, -0.2) is 8.42 Å². The Kier molecular flexibility index (Phi) is 5.36. The first kappa shape index (κ1) is 20.8. The number of allylic oxidation sites excluding steroid dienone is 1. The summed E-state index contributed by atoms with van der Waals surface area (Å²) in [7, 11) is -3.93. The summed E-state index contributed by atoms with van der Waals surface area (Å²) in [6.45, 7) is 7.73. The van der Waals surface area contributed by atoms with E-state index in [1.165, 1.54) is 4.31 Å². The van der Waals surface area contributed by atoms with Crippen LogP contribution >= 0.6 is 0 Å². The van der Waals surface area contributed by atoms with E-state index < -0.39 is 26.9 Å². The molecule has 6 heteroatoms. The predicted molar refractivity (Wildman–Crippen MR) is 111 cm³/mol. The molecule has 0 saturated carbocycles. The maximum atomic E-state index is 13.6. The number of rotatable bonds is 4. The van der Waals surface area contributed by atoms with Crippen LogP contribution in [-0.2, 0) is 10.0 Å². The average molecular weight is 406 g/mol. The molecule has 0 aromatic heterocycles. The number of nitrogens with zero attached hydrogens (tertiary/aromatic N) is 3. The Morgan fingerprint density at radius 3 is 2.21 bits per heavy atom. The average Bonchev–Trinajstić information content (AvgIpc) is 2.74. The van der Waals surface area contributed by atoms with Crippen LogP contribution in [0.3, 0.4) is 0 Å². The van der Waals surface area contributed by atoms with Gasteiger partial charge in [-0.15, -0.1) is 6.58 Å². The Morgan fingerprint density at radius 1 is 1.10 bits per heavy atom. The van der Waals surface area contributed by atoms with E-state index in [9.17, 15) is 18.9 Å². The monoisotopic (exact) mass is 405 g/mol. The van der Waals surface area contributed by atoms with E-state index in [2.05, 4.69) is 18.7 Å². The molecule has 148 valence electrons. The highest BCUT2D eigenvalue weighted by Gasteiger charge is 2.60. The van der Waals surface area contributed by atoms with E-state index in [1.807, 2.05) is 13.0 Å². The van der Waals surface area contributed by atoms with Crippen molar-refractivity contribution >= 4 is 10.0 Å². The van der Waals surface area contributed by atoms with Crippen LogP contribution in [0.2, 0.25) is 0 Å². The highest BCUT2D eigenvalue weighted by Crippen LogP contribution is 2.57. The lowest BCUT2D eigenvalue weighted by Crippen LogP contribution is -2.55. The van der Waals surface area contributed by atoms with Gasteiger partial charge in [-0.2, -0.15) is 14.8 Å². The lowest BCUT2D eigenvalue weighted by atomic mass is 9.57. The van der Waals surface area contributed by atoms with Gasteiger partial charge in [0.2, 0.25) is 10.0 Å². The van der Waals surface area contributed by atoms with Gasteiger partial charge in [0.15, 0.2) is 5.41 Å². The SMILES string of the molecule is C=C[C@]1(C)CCN(S(=O)(=O)c2ccc(C)cc2)[C@@H](c2ccccc2)C1(C#N)C#N. The molecule has 0 spiro atoms. The molecule has 0 unspecified atom stereocenters. The summed E-state index contributed by atoms with van der Waals surface area (Å²) in [4.78, 5) is 0.149. The smallest absolute Gasteiger partial charge is 0.207 e. The Labute approximate surface area is 172 Å². The molecule has 1 aliphatic rings. The Hall–Kier alpha value is -2.93. The predicted octanol–water partition coefficient (Wildman–Crippen LogP) is 4.36. The van der Waals surface area contributed by atoms with Crippen molar-refractivity contribution < 1.29 is 8.42 Å². The van der Waals surface area contributed by atoms with Crippen molar-refractivity contribution in [1.82, 2.24) is 4.31 Å². The van der Waals surface area contributed by atoms with E-state index in [-0.39, 0.29) is 11.4 Å². The zero-order valence-electron chi connectivity index (χ0n) is 16.5. The molecule has 5 nitrogen and oxygen atoms in total. The number of aryl methyl sites for hydroxylation is 1. The van der Waals surface area contributed by atoms with E-state index in [1.54, 1.807) is 61.5 Å². The molecular weight excluding hydrogens is 382 g/mol. The van der Waals surface area contributed by atoms with Crippen LogP contribution < -0.4 is 0 Å². The van der Waals surface area contributed by atoms with Crippen LogP contribution in [0.15, 0.2) is 72.1 Å². The van der Waals surface area contributed by atoms with Gasteiger partial charge in [-0.1, -0.05) is 61.0 Å². The summed E-state index contributed by atoms with van der Waals surface area (Å²) in [5.74, 6) is 0. The maximum Gasteiger partial charge on any atom is 0.243 e. The van der Waals surface area contributed by atoms with Gasteiger partial charge in [-0.05, 0) is 31.0 Å². The number of hydrogen-bond acceptors (Lipinski definition) is 4. The van der Waals surface area contributed by atoms with Crippen molar-refractivity contribution in [3.8, 4) is 12.1 Å². The molecule has 0 radical (unpaired) electrons. The number of hydrogen-bond donors (Lipinski definition) is 0. The third-order valence-corrected chi connectivity index (χ3v) is 7.88. The summed E-state index contributed by atoms with van der Waals surface area (Å²) in [6.07, 6.45) is 1.94. The van der Waals surface area contributed by atoms with Gasteiger partial charge >= 0.3 is 0 Å². The Balaban J connectivity index is 2.27. The molecular formula is C23H23N3O2S. The van der Waals surface area contributed by atoms with Crippen molar-refractivity contribution in [1.29, 1.82) is 10.5 Å². The summed E-state index contributed by atoms with van der Waals surface area (Å²) >= 11 is 0. The molecule has 1 heterocycles. The second-order valence-electron chi connectivity index (χ2n) is 7.65. The first-order chi connectivity index (χ1) is 13.8. The van der Waals surface area contributed by atoms with Gasteiger partial charge in [0.1, 0.15) is 0 Å². The van der Waals surface area contributed by atoms with Gasteiger partial charge in [0, 0.05) is 12.0 Å². The highest BCUT2D eigenvalue weighted by atomic mass is 32.2. The minimum Gasteiger partial charge on any atom is -0.207 e. The minimum atomic E-state index is -3.93. The number of piperidine rings is 1. The fraction of sp³-hybridized carbons (Fsp3) is 0.304. The maximum absolute atomic E-state index is 13.6. The molecule has 0 aliphatic carbocycles. The molecule has 2 aromatic rings. The Morgan fingerprint density at radius 2 is 1.69 bits per heavy atom. The summed E-state index contributed by atoms with van der Waals surface area (Å²) in [6, 6.07) is 18.9. The normalized spacial score (nSPS) is 24.2. The molecule has 1 aliphatic heterocycles. The molecule has 2 atom stereocenters. The fourth-order valence-corrected chi connectivity index (χ4v) is 5.66. The number of nitriles is 2. The quantitative estimate of drug-likeness (QED) is 0.708. The molecule has 0 N–H and O–H groups in total. The number of sulfonamides is 1. The molecule has 0 bridgehead atoms. The number of benzene rings is 2. The highest BCUT2D eigenvalue weighted by molar-refractivity contribution is 7.89. The zero-order valence-corrected chi connectivity index (χ0v) is 17.4. The van der Waals surface area contributed by atoms with Gasteiger partial charge in [0.25, 0.3) is 0 Å². The minimum absolute atomic E-state index is 0.149. The lowest BCUT2D eigenvalue weighted by Gasteiger charge is -2.51. The van der Waals surface area contributed by atoms with Crippen molar-refractivity contribution in [3.05, 3.63) is 78.4 Å². The van der Waals surface area contributed by atoms with Crippen LogP contribution in [0, 0.1) is 40.4 Å². The zero-order chi connectivity index (χ0) is 21.3. The van der Waals surface area contributed by atoms with Crippen LogP contribution in [0.1, 0.15) is 30.5 Å². The molecule has 29 heavy (non-hydrogen) atoms. The van der Waals surface area contributed by atoms with Crippen molar-refractivity contribution in [2.75, 3.05) is 6.54 Å². The summed E-state index contributed by atoms with van der Waals surface area (Å²) in [5.41, 5.74) is -0.925. The van der Waals surface area contributed by atoms with E-state index >= 15 is 0 Å². The summed E-state index contributed by atoms with van der Waals surface area (Å²) < 4.78 is 28.5. The van der Waals surface area contributed by atoms with Crippen molar-refractivity contribution in [2.24, 2.45) is 10.8 Å². The molecule has 0 amide bonds. The third kappa shape index (κ3) is 3.15. The topological polar surface area (TPSA) is 85.0 Å². The third-order valence-electron chi connectivity index (χ3n) is 6.00. The Bertz CT molecular complexity index is 1080. The fourth-order valence-electron chi connectivity index (χ4n) is 4.02. The molecule has 1 saturated heterocycles. The van der Waals surface area contributed by atoms with Gasteiger partial charge in [0.05, 0.1) is 23.1 Å². The van der Waals surface area contributed by atoms with Crippen LogP contribution in [0.5, 0.6) is 0 Å².